The van der Waals surface area contributed by atoms with Crippen molar-refractivity contribution >= 4 is 29.1 Å². The Labute approximate surface area is 243 Å². The molecule has 2 aromatic heterocycles. The first-order valence-corrected chi connectivity index (χ1v) is 12.8. The molecule has 0 aliphatic carbocycles. The van der Waals surface area contributed by atoms with Crippen LogP contribution in [0.15, 0.2) is 66.7 Å². The summed E-state index contributed by atoms with van der Waals surface area (Å²) >= 11 is 0. The van der Waals surface area contributed by atoms with Crippen molar-refractivity contribution in [2.45, 2.75) is 6.18 Å². The largest absolute Gasteiger partial charge is 0.508 e. The quantitative estimate of drug-likeness (QED) is 0.205. The number of alkyl halides is 3. The minimum atomic E-state index is -4.50. The van der Waals surface area contributed by atoms with E-state index in [1.165, 1.54) is 24.3 Å². The SMILES string of the molecule is Cl.N#Cc1c(-c2ccc(O)cc2F)nc2n[nH]c(-c3ccc(C(F)(F)F)cc3)c2c1-c1ccc(N2CCNCC2)cc1. The molecule has 0 radical (unpaired) electrons. The predicted octanol–water partition coefficient (Wildman–Crippen LogP) is 6.53. The number of nitrogens with zero attached hydrogens (tertiary/aromatic N) is 4. The van der Waals surface area contributed by atoms with Gasteiger partial charge in [-0.25, -0.2) is 9.37 Å². The molecule has 7 nitrogen and oxygen atoms in total. The Morgan fingerprint density at radius 2 is 1.60 bits per heavy atom. The van der Waals surface area contributed by atoms with Gasteiger partial charge >= 0.3 is 6.18 Å². The Morgan fingerprint density at radius 1 is 0.929 bits per heavy atom. The van der Waals surface area contributed by atoms with Gasteiger partial charge in [-0.1, -0.05) is 24.3 Å². The summed E-state index contributed by atoms with van der Waals surface area (Å²) in [5.41, 5.74) is 2.27. The van der Waals surface area contributed by atoms with Crippen LogP contribution in [0.4, 0.5) is 23.2 Å². The highest BCUT2D eigenvalue weighted by Crippen LogP contribution is 2.42. The van der Waals surface area contributed by atoms with Crippen LogP contribution in [0.1, 0.15) is 11.1 Å². The van der Waals surface area contributed by atoms with Gasteiger partial charge in [-0.05, 0) is 42.0 Å². The van der Waals surface area contributed by atoms with E-state index in [1.54, 1.807) is 0 Å². The number of fused-ring (bicyclic) bond motifs is 1. The van der Waals surface area contributed by atoms with Crippen LogP contribution >= 0.6 is 12.4 Å². The van der Waals surface area contributed by atoms with Gasteiger partial charge in [-0.15, -0.1) is 12.4 Å². The van der Waals surface area contributed by atoms with Crippen LogP contribution in [0.25, 0.3) is 44.7 Å². The third-order valence-electron chi connectivity index (χ3n) is 7.16. The zero-order valence-electron chi connectivity index (χ0n) is 21.8. The lowest BCUT2D eigenvalue weighted by Crippen LogP contribution is -2.43. The van der Waals surface area contributed by atoms with Crippen molar-refractivity contribution in [2.24, 2.45) is 0 Å². The van der Waals surface area contributed by atoms with E-state index in [0.717, 1.165) is 50.1 Å². The number of halogens is 5. The average molecular weight is 595 g/mol. The smallest absolute Gasteiger partial charge is 0.416 e. The molecule has 1 aliphatic heterocycles. The number of phenolic OH excluding ortho intramolecular Hbond substituents is 1. The number of benzene rings is 3. The lowest BCUT2D eigenvalue weighted by atomic mass is 9.91. The minimum Gasteiger partial charge on any atom is -0.508 e. The molecule has 0 saturated carbocycles. The second-order valence-electron chi connectivity index (χ2n) is 9.64. The van der Waals surface area contributed by atoms with Crippen molar-refractivity contribution in [3.8, 4) is 45.5 Å². The topological polar surface area (TPSA) is 101 Å². The van der Waals surface area contributed by atoms with Gasteiger partial charge in [0.15, 0.2) is 5.65 Å². The van der Waals surface area contributed by atoms with Gasteiger partial charge in [-0.2, -0.15) is 23.5 Å². The second-order valence-corrected chi connectivity index (χ2v) is 9.64. The number of pyridine rings is 1. The summed E-state index contributed by atoms with van der Waals surface area (Å²) in [6, 6.07) is 17.9. The third kappa shape index (κ3) is 5.22. The summed E-state index contributed by atoms with van der Waals surface area (Å²) in [7, 11) is 0. The number of piperazine rings is 1. The number of phenols is 1. The van der Waals surface area contributed by atoms with Crippen molar-refractivity contribution in [1.82, 2.24) is 20.5 Å². The van der Waals surface area contributed by atoms with Crippen LogP contribution in [0.5, 0.6) is 5.75 Å². The molecule has 0 spiro atoms. The fourth-order valence-corrected chi connectivity index (χ4v) is 5.14. The maximum Gasteiger partial charge on any atom is 0.416 e. The number of hydrogen-bond donors (Lipinski definition) is 3. The molecule has 0 amide bonds. The van der Waals surface area contributed by atoms with Gasteiger partial charge < -0.3 is 15.3 Å². The maximum absolute atomic E-state index is 15.0. The Bertz CT molecular complexity index is 1790. The van der Waals surface area contributed by atoms with E-state index in [9.17, 15) is 23.5 Å². The van der Waals surface area contributed by atoms with Crippen LogP contribution < -0.4 is 10.2 Å². The lowest BCUT2D eigenvalue weighted by Gasteiger charge is -2.29. The first kappa shape index (κ1) is 28.9. The number of nitrogens with one attached hydrogen (secondary N) is 2. The Hall–Kier alpha value is -4.66. The third-order valence-corrected chi connectivity index (χ3v) is 7.16. The molecular weight excluding hydrogens is 572 g/mol. The summed E-state index contributed by atoms with van der Waals surface area (Å²) < 4.78 is 54.6. The number of aromatic nitrogens is 3. The molecule has 5 aromatic rings. The molecule has 12 heteroatoms. The van der Waals surface area contributed by atoms with Crippen molar-refractivity contribution in [3.05, 3.63) is 83.7 Å². The summed E-state index contributed by atoms with van der Waals surface area (Å²) in [5, 5.41) is 31.0. The molecule has 3 N–H and O–H groups in total. The van der Waals surface area contributed by atoms with Crippen LogP contribution in [0.3, 0.4) is 0 Å². The van der Waals surface area contributed by atoms with E-state index in [0.29, 0.717) is 27.8 Å². The van der Waals surface area contributed by atoms with E-state index in [1.807, 2.05) is 24.3 Å². The molecule has 214 valence electrons. The van der Waals surface area contributed by atoms with Crippen molar-refractivity contribution in [1.29, 1.82) is 5.26 Å². The van der Waals surface area contributed by atoms with E-state index in [4.69, 9.17) is 0 Å². The summed E-state index contributed by atoms with van der Waals surface area (Å²) in [4.78, 5) is 6.74. The number of aromatic amines is 1. The molecule has 6 rings (SSSR count). The standard InChI is InChI=1S/C30H22F4N6O.ClH/c31-24-15-21(41)9-10-22(24)28-23(16-35)25(17-3-7-20(8-4-17)40-13-11-36-12-14-40)26-27(38-39-29(26)37-28)18-1-5-19(6-2-18)30(32,33)34;/h1-10,15,36,41H,11-14H2,(H,37,38,39);1H. The maximum atomic E-state index is 15.0. The minimum absolute atomic E-state index is 0. The molecular formula is C30H23ClF4N6O. The molecule has 1 saturated heterocycles. The van der Waals surface area contributed by atoms with Gasteiger partial charge in [0.2, 0.25) is 0 Å². The summed E-state index contributed by atoms with van der Waals surface area (Å²) in [5.74, 6) is -1.05. The first-order chi connectivity index (χ1) is 19.7. The number of hydrogen-bond acceptors (Lipinski definition) is 6. The van der Waals surface area contributed by atoms with Crippen molar-refractivity contribution < 1.29 is 22.7 Å². The average Bonchev–Trinajstić information content (AvgIpc) is 3.40. The molecule has 42 heavy (non-hydrogen) atoms. The molecule has 0 unspecified atom stereocenters. The summed E-state index contributed by atoms with van der Waals surface area (Å²) in [6.45, 7) is 3.40. The molecule has 0 bridgehead atoms. The van der Waals surface area contributed by atoms with E-state index in [-0.39, 0.29) is 40.6 Å². The fraction of sp³-hybridized carbons (Fsp3) is 0.167. The van der Waals surface area contributed by atoms with Gasteiger partial charge in [0, 0.05) is 54.6 Å². The fourth-order valence-electron chi connectivity index (χ4n) is 5.14. The molecule has 0 atom stereocenters. The van der Waals surface area contributed by atoms with Crippen LogP contribution in [-0.4, -0.2) is 46.5 Å². The Kier molecular flexibility index (Phi) is 7.77. The van der Waals surface area contributed by atoms with Gasteiger partial charge in [-0.3, -0.25) is 5.10 Å². The van der Waals surface area contributed by atoms with E-state index < -0.39 is 17.6 Å². The molecule has 3 aromatic carbocycles. The predicted molar refractivity (Wildman–Crippen MR) is 154 cm³/mol. The van der Waals surface area contributed by atoms with Crippen LogP contribution in [-0.2, 0) is 6.18 Å². The number of H-pyrrole nitrogens is 1. The zero-order chi connectivity index (χ0) is 28.7. The van der Waals surface area contributed by atoms with Gasteiger partial charge in [0.1, 0.15) is 17.6 Å². The monoisotopic (exact) mass is 594 g/mol. The Balaban J connectivity index is 0.00000353. The van der Waals surface area contributed by atoms with Crippen molar-refractivity contribution in [2.75, 3.05) is 31.1 Å². The number of anilines is 1. The number of rotatable bonds is 4. The molecule has 1 aliphatic rings. The summed E-state index contributed by atoms with van der Waals surface area (Å²) in [6.07, 6.45) is -4.50. The molecule has 3 heterocycles. The number of aromatic hydroxyl groups is 1. The number of nitriles is 1. The van der Waals surface area contributed by atoms with Gasteiger partial charge in [0.25, 0.3) is 0 Å². The van der Waals surface area contributed by atoms with Gasteiger partial charge in [0.05, 0.1) is 27.9 Å². The van der Waals surface area contributed by atoms with Crippen LogP contribution in [0.2, 0.25) is 0 Å². The van der Waals surface area contributed by atoms with Crippen LogP contribution in [0, 0.1) is 17.1 Å². The zero-order valence-corrected chi connectivity index (χ0v) is 22.7. The molecule has 1 fully saturated rings. The highest BCUT2D eigenvalue weighted by molar-refractivity contribution is 6.06. The highest BCUT2D eigenvalue weighted by Gasteiger charge is 2.30. The first-order valence-electron chi connectivity index (χ1n) is 12.8. The van der Waals surface area contributed by atoms with E-state index in [2.05, 4.69) is 31.5 Å². The second kappa shape index (κ2) is 11.3. The highest BCUT2D eigenvalue weighted by atomic mass is 35.5. The van der Waals surface area contributed by atoms with E-state index >= 15 is 4.39 Å². The normalized spacial score (nSPS) is 13.5. The Morgan fingerprint density at radius 3 is 2.21 bits per heavy atom. The lowest BCUT2D eigenvalue weighted by molar-refractivity contribution is -0.137. The van der Waals surface area contributed by atoms with Crippen molar-refractivity contribution in [3.63, 3.8) is 0 Å².